The Morgan fingerprint density at radius 3 is 2.65 bits per heavy atom. The minimum Gasteiger partial charge on any atom is -0.334 e. The maximum Gasteiger partial charge on any atom is 0.290 e. The molecule has 0 unspecified atom stereocenters. The van der Waals surface area contributed by atoms with Crippen LogP contribution in [0.1, 0.15) is 26.8 Å². The van der Waals surface area contributed by atoms with Crippen LogP contribution in [0.5, 0.6) is 0 Å². The molecule has 3 heterocycles. The number of hydrogen-bond acceptors (Lipinski definition) is 5. The summed E-state index contributed by atoms with van der Waals surface area (Å²) in [5, 5.41) is 11.6. The smallest absolute Gasteiger partial charge is 0.290 e. The molecule has 2 aromatic rings. The quantitative estimate of drug-likeness (QED) is 0.928. The van der Waals surface area contributed by atoms with Gasteiger partial charge in [-0.25, -0.2) is 4.68 Å². The molecule has 0 bridgehead atoms. The third-order valence-electron chi connectivity index (χ3n) is 4.09. The zero-order chi connectivity index (χ0) is 16.8. The standard InChI is InChI=1S/C15H21ClN6O/c1-15(2,3)21-8-10(9-21)22-6-5-13(19-22)17-11-7-12(16)18-20(4)14(11)23/h5-7,10H,8-9H2,1-4H3,(H,17,19). The molecule has 1 fully saturated rings. The molecule has 3 rings (SSSR count). The molecule has 0 spiro atoms. The van der Waals surface area contributed by atoms with Crippen molar-refractivity contribution < 1.29 is 0 Å². The molecular formula is C15H21ClN6O. The Morgan fingerprint density at radius 1 is 1.30 bits per heavy atom. The minimum atomic E-state index is -0.244. The topological polar surface area (TPSA) is 68.0 Å². The van der Waals surface area contributed by atoms with E-state index in [9.17, 15) is 4.79 Å². The molecule has 124 valence electrons. The van der Waals surface area contributed by atoms with Gasteiger partial charge in [-0.3, -0.25) is 14.4 Å². The van der Waals surface area contributed by atoms with Gasteiger partial charge in [-0.05, 0) is 20.8 Å². The van der Waals surface area contributed by atoms with E-state index >= 15 is 0 Å². The largest absolute Gasteiger partial charge is 0.334 e. The highest BCUT2D eigenvalue weighted by Crippen LogP contribution is 2.28. The van der Waals surface area contributed by atoms with E-state index in [1.54, 1.807) is 7.05 Å². The summed E-state index contributed by atoms with van der Waals surface area (Å²) >= 11 is 5.89. The molecule has 0 saturated carbocycles. The zero-order valence-electron chi connectivity index (χ0n) is 13.7. The molecule has 1 aliphatic rings. The summed E-state index contributed by atoms with van der Waals surface area (Å²) in [5.41, 5.74) is 0.305. The lowest BCUT2D eigenvalue weighted by Gasteiger charge is -2.47. The van der Waals surface area contributed by atoms with Gasteiger partial charge < -0.3 is 5.32 Å². The highest BCUT2D eigenvalue weighted by Gasteiger charge is 2.35. The van der Waals surface area contributed by atoms with Crippen LogP contribution in [-0.4, -0.2) is 43.1 Å². The average Bonchev–Trinajstić information content (AvgIpc) is 2.80. The van der Waals surface area contributed by atoms with Crippen LogP contribution in [0.3, 0.4) is 0 Å². The lowest BCUT2D eigenvalue weighted by atomic mass is 9.98. The van der Waals surface area contributed by atoms with Crippen molar-refractivity contribution in [3.8, 4) is 0 Å². The van der Waals surface area contributed by atoms with E-state index in [2.05, 4.69) is 41.2 Å². The second-order valence-electron chi connectivity index (χ2n) is 6.85. The van der Waals surface area contributed by atoms with Crippen LogP contribution < -0.4 is 10.9 Å². The Labute approximate surface area is 139 Å². The number of aromatic nitrogens is 4. The number of aryl methyl sites for hydroxylation is 1. The molecule has 1 saturated heterocycles. The van der Waals surface area contributed by atoms with Crippen molar-refractivity contribution >= 4 is 23.1 Å². The van der Waals surface area contributed by atoms with Gasteiger partial charge in [0, 0.05) is 44.0 Å². The van der Waals surface area contributed by atoms with Crippen molar-refractivity contribution in [1.82, 2.24) is 24.5 Å². The molecule has 0 radical (unpaired) electrons. The van der Waals surface area contributed by atoms with Crippen LogP contribution in [0.15, 0.2) is 23.1 Å². The van der Waals surface area contributed by atoms with E-state index in [-0.39, 0.29) is 16.3 Å². The lowest BCUT2D eigenvalue weighted by Crippen LogP contribution is -2.56. The lowest BCUT2D eigenvalue weighted by molar-refractivity contribution is 0.0156. The summed E-state index contributed by atoms with van der Waals surface area (Å²) in [6.07, 6.45) is 1.93. The van der Waals surface area contributed by atoms with Gasteiger partial charge >= 0.3 is 0 Å². The third kappa shape index (κ3) is 3.25. The molecule has 0 aliphatic carbocycles. The summed E-state index contributed by atoms with van der Waals surface area (Å²) in [4.78, 5) is 14.4. The fraction of sp³-hybridized carbons (Fsp3) is 0.533. The number of hydrogen-bond donors (Lipinski definition) is 1. The Morgan fingerprint density at radius 2 is 2.00 bits per heavy atom. The average molecular weight is 337 g/mol. The van der Waals surface area contributed by atoms with Crippen molar-refractivity contribution in [1.29, 1.82) is 0 Å². The molecule has 0 aromatic carbocycles. The fourth-order valence-corrected chi connectivity index (χ4v) is 2.80. The molecule has 1 N–H and O–H groups in total. The molecule has 23 heavy (non-hydrogen) atoms. The van der Waals surface area contributed by atoms with Crippen LogP contribution in [0.2, 0.25) is 5.15 Å². The summed E-state index contributed by atoms with van der Waals surface area (Å²) < 4.78 is 3.15. The number of nitrogens with zero attached hydrogens (tertiary/aromatic N) is 5. The van der Waals surface area contributed by atoms with Crippen molar-refractivity contribution in [2.75, 3.05) is 18.4 Å². The van der Waals surface area contributed by atoms with Gasteiger partial charge in [0.25, 0.3) is 5.56 Å². The first kappa shape index (κ1) is 16.0. The van der Waals surface area contributed by atoms with Gasteiger partial charge in [0.2, 0.25) is 0 Å². The highest BCUT2D eigenvalue weighted by molar-refractivity contribution is 6.29. The van der Waals surface area contributed by atoms with Gasteiger partial charge in [-0.15, -0.1) is 0 Å². The molecule has 2 aromatic heterocycles. The van der Waals surface area contributed by atoms with Crippen LogP contribution in [-0.2, 0) is 7.05 Å². The van der Waals surface area contributed by atoms with Gasteiger partial charge in [0.1, 0.15) is 5.69 Å². The third-order valence-corrected chi connectivity index (χ3v) is 4.27. The number of halogens is 1. The number of rotatable bonds is 3. The maximum atomic E-state index is 12.0. The van der Waals surface area contributed by atoms with Gasteiger partial charge in [-0.1, -0.05) is 11.6 Å². The molecule has 1 aliphatic heterocycles. The van der Waals surface area contributed by atoms with E-state index in [1.807, 2.05) is 16.9 Å². The number of likely N-dealkylation sites (tertiary alicyclic amines) is 1. The summed E-state index contributed by atoms with van der Waals surface area (Å²) in [6, 6.07) is 3.73. The van der Waals surface area contributed by atoms with E-state index in [4.69, 9.17) is 11.6 Å². The number of anilines is 2. The van der Waals surface area contributed by atoms with Crippen LogP contribution in [0.25, 0.3) is 0 Å². The first-order chi connectivity index (χ1) is 10.7. The summed E-state index contributed by atoms with van der Waals surface area (Å²) in [5.74, 6) is 0.624. The summed E-state index contributed by atoms with van der Waals surface area (Å²) in [7, 11) is 1.56. The first-order valence-corrected chi connectivity index (χ1v) is 7.93. The second kappa shape index (κ2) is 5.65. The molecule has 8 heteroatoms. The Balaban J connectivity index is 1.71. The highest BCUT2D eigenvalue weighted by atomic mass is 35.5. The van der Waals surface area contributed by atoms with Crippen molar-refractivity contribution in [2.45, 2.75) is 32.4 Å². The van der Waals surface area contributed by atoms with Crippen LogP contribution >= 0.6 is 11.6 Å². The van der Waals surface area contributed by atoms with Gasteiger partial charge in [0.05, 0.1) is 6.04 Å². The maximum absolute atomic E-state index is 12.0. The Kier molecular flexibility index (Phi) is 3.93. The normalized spacial score (nSPS) is 16.4. The van der Waals surface area contributed by atoms with E-state index in [1.165, 1.54) is 10.7 Å². The van der Waals surface area contributed by atoms with E-state index < -0.39 is 0 Å². The predicted molar refractivity (Wildman–Crippen MR) is 90.4 cm³/mol. The van der Waals surface area contributed by atoms with Gasteiger partial charge in [0.15, 0.2) is 11.0 Å². The zero-order valence-corrected chi connectivity index (χ0v) is 14.5. The van der Waals surface area contributed by atoms with Crippen LogP contribution in [0.4, 0.5) is 11.5 Å². The van der Waals surface area contributed by atoms with E-state index in [0.29, 0.717) is 17.5 Å². The molecule has 0 amide bonds. The monoisotopic (exact) mass is 336 g/mol. The number of nitrogens with one attached hydrogen (secondary N) is 1. The fourth-order valence-electron chi connectivity index (χ4n) is 2.58. The van der Waals surface area contributed by atoms with Crippen molar-refractivity contribution in [2.24, 2.45) is 7.05 Å². The van der Waals surface area contributed by atoms with Gasteiger partial charge in [-0.2, -0.15) is 10.2 Å². The van der Waals surface area contributed by atoms with Crippen LogP contribution in [0, 0.1) is 0 Å². The molecule has 0 atom stereocenters. The minimum absolute atomic E-state index is 0.185. The molecule has 7 nitrogen and oxygen atoms in total. The van der Waals surface area contributed by atoms with Crippen molar-refractivity contribution in [3.05, 3.63) is 33.8 Å². The summed E-state index contributed by atoms with van der Waals surface area (Å²) in [6.45, 7) is 8.59. The molecular weight excluding hydrogens is 316 g/mol. The Hall–Kier alpha value is -1.86. The van der Waals surface area contributed by atoms with Crippen molar-refractivity contribution in [3.63, 3.8) is 0 Å². The SMILES string of the molecule is Cn1nc(Cl)cc(Nc2ccn(C3CN(C(C)(C)C)C3)n2)c1=O. The predicted octanol–water partition coefficient (Wildman–Crippen LogP) is 2.03. The van der Waals surface area contributed by atoms with E-state index in [0.717, 1.165) is 13.1 Å². The second-order valence-corrected chi connectivity index (χ2v) is 7.23. The Bertz CT molecular complexity index is 769. The first-order valence-electron chi connectivity index (χ1n) is 7.55.